The number of imide groups is 1. The number of carbonyl (C=O) groups is 2. The molecule has 1 aliphatic rings. The van der Waals surface area contributed by atoms with Gasteiger partial charge in [-0.1, -0.05) is 23.9 Å². The van der Waals surface area contributed by atoms with E-state index in [1.165, 1.54) is 11.8 Å². The summed E-state index contributed by atoms with van der Waals surface area (Å²) in [7, 11) is 3.46. The van der Waals surface area contributed by atoms with Gasteiger partial charge in [-0.15, -0.1) is 10.2 Å². The van der Waals surface area contributed by atoms with Crippen molar-refractivity contribution < 1.29 is 19.4 Å². The van der Waals surface area contributed by atoms with E-state index in [9.17, 15) is 14.7 Å². The first-order valence-corrected chi connectivity index (χ1v) is 10.3. The summed E-state index contributed by atoms with van der Waals surface area (Å²) < 4.78 is 7.00. The molecule has 0 fully saturated rings. The third kappa shape index (κ3) is 3.69. The van der Waals surface area contributed by atoms with E-state index < -0.39 is 6.10 Å². The number of rotatable bonds is 7. The van der Waals surface area contributed by atoms with Crippen molar-refractivity contribution in [1.29, 1.82) is 0 Å². The van der Waals surface area contributed by atoms with Crippen molar-refractivity contribution in [3.63, 3.8) is 0 Å². The van der Waals surface area contributed by atoms with Crippen molar-refractivity contribution in [2.45, 2.75) is 11.3 Å². The summed E-state index contributed by atoms with van der Waals surface area (Å²) in [5.41, 5.74) is 1.64. The summed E-state index contributed by atoms with van der Waals surface area (Å²) in [4.78, 5) is 26.0. The van der Waals surface area contributed by atoms with Crippen LogP contribution in [0.15, 0.2) is 53.7 Å². The molecule has 30 heavy (non-hydrogen) atoms. The number of aliphatic hydroxyl groups is 1. The van der Waals surface area contributed by atoms with Crippen LogP contribution in [-0.2, 0) is 7.05 Å². The molecule has 4 rings (SSSR count). The van der Waals surface area contributed by atoms with E-state index in [1.807, 2.05) is 35.9 Å². The summed E-state index contributed by atoms with van der Waals surface area (Å²) in [5.74, 6) is 0.962. The Balaban J connectivity index is 1.39. The molecule has 0 saturated carbocycles. The van der Waals surface area contributed by atoms with Gasteiger partial charge in [-0.05, 0) is 36.4 Å². The van der Waals surface area contributed by atoms with Crippen LogP contribution in [0.3, 0.4) is 0 Å². The minimum absolute atomic E-state index is 0.0669. The van der Waals surface area contributed by atoms with E-state index in [0.717, 1.165) is 16.2 Å². The lowest BCUT2D eigenvalue weighted by atomic mass is 10.1. The first-order chi connectivity index (χ1) is 14.5. The van der Waals surface area contributed by atoms with E-state index in [2.05, 4.69) is 10.2 Å². The normalized spacial score (nSPS) is 14.2. The van der Waals surface area contributed by atoms with Crippen molar-refractivity contribution in [1.82, 2.24) is 19.7 Å². The number of hydrogen-bond acceptors (Lipinski definition) is 7. The maximum atomic E-state index is 12.4. The van der Waals surface area contributed by atoms with Gasteiger partial charge in [0.15, 0.2) is 11.0 Å². The minimum Gasteiger partial charge on any atom is -0.497 e. The van der Waals surface area contributed by atoms with Gasteiger partial charge in [-0.25, -0.2) is 0 Å². The zero-order valence-corrected chi connectivity index (χ0v) is 17.3. The smallest absolute Gasteiger partial charge is 0.261 e. The fourth-order valence-electron chi connectivity index (χ4n) is 3.27. The average Bonchev–Trinajstić information content (AvgIpc) is 3.25. The molecule has 8 nitrogen and oxygen atoms in total. The van der Waals surface area contributed by atoms with E-state index in [0.29, 0.717) is 22.1 Å². The van der Waals surface area contributed by atoms with E-state index in [4.69, 9.17) is 4.74 Å². The molecule has 9 heteroatoms. The molecule has 1 N–H and O–H groups in total. The second-order valence-corrected chi connectivity index (χ2v) is 7.81. The van der Waals surface area contributed by atoms with E-state index >= 15 is 0 Å². The summed E-state index contributed by atoms with van der Waals surface area (Å²) in [6.07, 6.45) is -0.890. The van der Waals surface area contributed by atoms with Crippen LogP contribution in [0.2, 0.25) is 0 Å². The maximum absolute atomic E-state index is 12.4. The number of ether oxygens (including phenoxy) is 1. The molecule has 0 radical (unpaired) electrons. The molecule has 0 saturated heterocycles. The predicted molar refractivity (Wildman–Crippen MR) is 112 cm³/mol. The van der Waals surface area contributed by atoms with Crippen LogP contribution >= 0.6 is 11.8 Å². The van der Waals surface area contributed by atoms with E-state index in [-0.39, 0.29) is 24.1 Å². The van der Waals surface area contributed by atoms with Crippen LogP contribution in [0.4, 0.5) is 0 Å². The maximum Gasteiger partial charge on any atom is 0.261 e. The lowest BCUT2D eigenvalue weighted by molar-refractivity contribution is 0.0567. The van der Waals surface area contributed by atoms with Gasteiger partial charge in [0, 0.05) is 18.4 Å². The molecule has 1 aromatic heterocycles. The van der Waals surface area contributed by atoms with Gasteiger partial charge >= 0.3 is 0 Å². The monoisotopic (exact) mass is 424 g/mol. The molecule has 0 aliphatic carbocycles. The van der Waals surface area contributed by atoms with Crippen molar-refractivity contribution in [3.8, 4) is 17.1 Å². The van der Waals surface area contributed by atoms with Crippen LogP contribution in [0, 0.1) is 0 Å². The first-order valence-electron chi connectivity index (χ1n) is 9.29. The summed E-state index contributed by atoms with van der Waals surface area (Å²) in [5, 5.41) is 19.5. The van der Waals surface area contributed by atoms with Gasteiger partial charge in [0.2, 0.25) is 0 Å². The average molecular weight is 424 g/mol. The first kappa shape index (κ1) is 20.1. The SMILES string of the molecule is COc1ccc(-c2nnc(SCC(O)CN3C(=O)c4ccccc4C3=O)n2C)cc1. The Morgan fingerprint density at radius 2 is 1.67 bits per heavy atom. The highest BCUT2D eigenvalue weighted by molar-refractivity contribution is 7.99. The number of hydrogen-bond donors (Lipinski definition) is 1. The fourth-order valence-corrected chi connectivity index (χ4v) is 4.10. The second kappa shape index (κ2) is 8.29. The predicted octanol–water partition coefficient (Wildman–Crippen LogP) is 2.24. The standard InChI is InChI=1S/C21H20N4O4S/c1-24-18(13-7-9-15(29-2)10-8-13)22-23-21(24)30-12-14(26)11-25-19(27)16-5-3-4-6-17(16)20(25)28/h3-10,14,26H,11-12H2,1-2H3. The molecule has 154 valence electrons. The highest BCUT2D eigenvalue weighted by atomic mass is 32.2. The van der Waals surface area contributed by atoms with Crippen LogP contribution in [0.5, 0.6) is 5.75 Å². The molecule has 0 bridgehead atoms. The summed E-state index contributed by atoms with van der Waals surface area (Å²) in [6, 6.07) is 14.2. The number of thioether (sulfide) groups is 1. The van der Waals surface area contributed by atoms with Crippen molar-refractivity contribution in [2.75, 3.05) is 19.4 Å². The lowest BCUT2D eigenvalue weighted by Gasteiger charge is -2.18. The van der Waals surface area contributed by atoms with E-state index in [1.54, 1.807) is 31.4 Å². The quantitative estimate of drug-likeness (QED) is 0.459. The number of benzene rings is 2. The summed E-state index contributed by atoms with van der Waals surface area (Å²) in [6.45, 7) is -0.0669. The van der Waals surface area contributed by atoms with Gasteiger partial charge < -0.3 is 14.4 Å². The van der Waals surface area contributed by atoms with Gasteiger partial charge in [0.05, 0.1) is 30.9 Å². The molecule has 2 heterocycles. The second-order valence-electron chi connectivity index (χ2n) is 6.83. The topological polar surface area (TPSA) is 97.6 Å². The Hall–Kier alpha value is -3.17. The number of aliphatic hydroxyl groups excluding tert-OH is 1. The lowest BCUT2D eigenvalue weighted by Crippen LogP contribution is -2.37. The Kier molecular flexibility index (Phi) is 5.56. The molecular formula is C21H20N4O4S. The van der Waals surface area contributed by atoms with Crippen molar-refractivity contribution in [2.24, 2.45) is 7.05 Å². The Bertz CT molecular complexity index is 1060. The molecule has 1 atom stereocenters. The largest absolute Gasteiger partial charge is 0.497 e. The number of amides is 2. The summed E-state index contributed by atoms with van der Waals surface area (Å²) >= 11 is 1.31. The molecule has 3 aromatic rings. The number of methoxy groups -OCH3 is 1. The minimum atomic E-state index is -0.890. The highest BCUT2D eigenvalue weighted by Crippen LogP contribution is 2.26. The number of nitrogens with zero attached hydrogens (tertiary/aromatic N) is 4. The fraction of sp³-hybridized carbons (Fsp3) is 0.238. The van der Waals surface area contributed by atoms with Crippen molar-refractivity contribution in [3.05, 3.63) is 59.7 Å². The van der Waals surface area contributed by atoms with Crippen molar-refractivity contribution >= 4 is 23.6 Å². The van der Waals surface area contributed by atoms with Crippen LogP contribution in [-0.4, -0.2) is 62.1 Å². The Labute approximate surface area is 177 Å². The number of β-amino-alcohol motifs (C(OH)–C–C–N with tert-alkyl or cyclic N) is 1. The molecule has 1 aliphatic heterocycles. The third-order valence-electron chi connectivity index (χ3n) is 4.86. The molecular weight excluding hydrogens is 404 g/mol. The number of fused-ring (bicyclic) bond motifs is 1. The molecule has 2 aromatic carbocycles. The van der Waals surface area contributed by atoms with Crippen LogP contribution in [0.25, 0.3) is 11.4 Å². The molecule has 0 spiro atoms. The highest BCUT2D eigenvalue weighted by Gasteiger charge is 2.36. The zero-order valence-electron chi connectivity index (χ0n) is 16.5. The van der Waals surface area contributed by atoms with Gasteiger partial charge in [0.1, 0.15) is 5.75 Å². The van der Waals surface area contributed by atoms with Gasteiger partial charge in [-0.2, -0.15) is 0 Å². The van der Waals surface area contributed by atoms with Crippen LogP contribution < -0.4 is 4.74 Å². The zero-order chi connectivity index (χ0) is 21.3. The van der Waals surface area contributed by atoms with Gasteiger partial charge in [0.25, 0.3) is 11.8 Å². The van der Waals surface area contributed by atoms with Gasteiger partial charge in [-0.3, -0.25) is 14.5 Å². The molecule has 2 amide bonds. The molecule has 1 unspecified atom stereocenters. The van der Waals surface area contributed by atoms with Crippen LogP contribution in [0.1, 0.15) is 20.7 Å². The third-order valence-corrected chi connectivity index (χ3v) is 6.02. The number of aromatic nitrogens is 3. The Morgan fingerprint density at radius 1 is 1.03 bits per heavy atom. The number of carbonyl (C=O) groups excluding carboxylic acids is 2. The Morgan fingerprint density at radius 3 is 2.27 bits per heavy atom.